The lowest BCUT2D eigenvalue weighted by Gasteiger charge is -2.48. The van der Waals surface area contributed by atoms with Crippen LogP contribution in [0.4, 0.5) is 0 Å². The molecule has 0 saturated carbocycles. The van der Waals surface area contributed by atoms with Crippen molar-refractivity contribution in [3.05, 3.63) is 108 Å². The lowest BCUT2D eigenvalue weighted by molar-refractivity contribution is -0.315. The fourth-order valence-electron chi connectivity index (χ4n) is 5.11. The van der Waals surface area contributed by atoms with Crippen molar-refractivity contribution in [2.75, 3.05) is 13.7 Å². The first-order chi connectivity index (χ1) is 19.8. The second-order valence-corrected chi connectivity index (χ2v) is 9.59. The normalized spacial score (nSPS) is 22.4. The largest absolute Gasteiger partial charge is 0.463 e. The molecule has 4 rings (SSSR count). The molecular formula is C32H34O9. The average molecular weight is 563 g/mol. The van der Waals surface area contributed by atoms with E-state index < -0.39 is 54.2 Å². The summed E-state index contributed by atoms with van der Waals surface area (Å²) in [6.07, 6.45) is -5.58. The van der Waals surface area contributed by atoms with Crippen molar-refractivity contribution in [3.63, 3.8) is 0 Å². The second-order valence-electron chi connectivity index (χ2n) is 9.59. The minimum Gasteiger partial charge on any atom is -0.463 e. The summed E-state index contributed by atoms with van der Waals surface area (Å²) in [4.78, 5) is 36.5. The van der Waals surface area contributed by atoms with Crippen LogP contribution in [0.25, 0.3) is 0 Å². The molecule has 0 N–H and O–H groups in total. The number of esters is 3. The third-order valence-corrected chi connectivity index (χ3v) is 6.73. The van der Waals surface area contributed by atoms with Crippen molar-refractivity contribution in [2.24, 2.45) is 0 Å². The van der Waals surface area contributed by atoms with Crippen molar-refractivity contribution < 1.29 is 42.8 Å². The van der Waals surface area contributed by atoms with Crippen LogP contribution < -0.4 is 0 Å². The molecule has 41 heavy (non-hydrogen) atoms. The maximum Gasteiger partial charge on any atom is 0.303 e. The average Bonchev–Trinajstić information content (AvgIpc) is 2.97. The first-order valence-corrected chi connectivity index (χ1v) is 13.3. The van der Waals surface area contributed by atoms with Crippen LogP contribution in [0.1, 0.15) is 37.5 Å². The van der Waals surface area contributed by atoms with Gasteiger partial charge < -0.3 is 28.4 Å². The third kappa shape index (κ3) is 6.82. The van der Waals surface area contributed by atoms with Crippen LogP contribution in [-0.2, 0) is 48.4 Å². The first-order valence-electron chi connectivity index (χ1n) is 13.3. The Morgan fingerprint density at radius 2 is 1.10 bits per heavy atom. The molecule has 1 saturated heterocycles. The van der Waals surface area contributed by atoms with Crippen LogP contribution in [-0.4, -0.2) is 62.3 Å². The summed E-state index contributed by atoms with van der Waals surface area (Å²) < 4.78 is 35.6. The van der Waals surface area contributed by atoms with E-state index in [2.05, 4.69) is 0 Å². The SMILES string of the molecule is CO[C@H]1O[C@H](COC(C)=O)[C@H](OC(c2ccccc2)(c2ccccc2)c2ccccc2)[C@H](OC(C)=O)[C@H]1OC(C)=O. The quantitative estimate of drug-likeness (QED) is 0.205. The fraction of sp³-hybridized carbons (Fsp3) is 0.344. The smallest absolute Gasteiger partial charge is 0.303 e. The summed E-state index contributed by atoms with van der Waals surface area (Å²) in [5.41, 5.74) is 1.08. The number of carbonyl (C=O) groups is 3. The number of rotatable bonds is 10. The standard InChI is InChI=1S/C32H34O9/c1-21(33)37-20-27-28(29(38-22(2)34)30(39-23(3)35)31(36-4)40-27)41-32(24-14-8-5-9-15-24,25-16-10-6-11-17-25)26-18-12-7-13-19-26/h5-19,27-31H,20H2,1-4H3/t27-,28+,29+,30-,31+/m1/s1. The molecule has 0 radical (unpaired) electrons. The van der Waals surface area contributed by atoms with Gasteiger partial charge in [0.15, 0.2) is 18.5 Å². The van der Waals surface area contributed by atoms with E-state index in [0.29, 0.717) is 0 Å². The highest BCUT2D eigenvalue weighted by atomic mass is 16.7. The number of benzene rings is 3. The highest BCUT2D eigenvalue weighted by Crippen LogP contribution is 2.44. The van der Waals surface area contributed by atoms with E-state index in [4.69, 9.17) is 28.4 Å². The molecule has 1 aliphatic rings. The number of ether oxygens (including phenoxy) is 6. The van der Waals surface area contributed by atoms with Crippen LogP contribution in [0.3, 0.4) is 0 Å². The molecule has 9 nitrogen and oxygen atoms in total. The lowest BCUT2D eigenvalue weighted by Crippen LogP contribution is -2.64. The second kappa shape index (κ2) is 13.5. The molecule has 3 aromatic carbocycles. The topological polar surface area (TPSA) is 107 Å². The van der Waals surface area contributed by atoms with E-state index in [9.17, 15) is 14.4 Å². The molecule has 1 aliphatic heterocycles. The molecule has 0 spiro atoms. The number of carbonyl (C=O) groups excluding carboxylic acids is 3. The van der Waals surface area contributed by atoms with Crippen LogP contribution in [0.15, 0.2) is 91.0 Å². The van der Waals surface area contributed by atoms with Crippen molar-refractivity contribution in [2.45, 2.75) is 57.1 Å². The van der Waals surface area contributed by atoms with Crippen molar-refractivity contribution in [1.82, 2.24) is 0 Å². The zero-order valence-corrected chi connectivity index (χ0v) is 23.4. The fourth-order valence-corrected chi connectivity index (χ4v) is 5.11. The zero-order valence-electron chi connectivity index (χ0n) is 23.4. The summed E-state index contributed by atoms with van der Waals surface area (Å²) in [5, 5.41) is 0. The van der Waals surface area contributed by atoms with Gasteiger partial charge in [0.05, 0.1) is 0 Å². The van der Waals surface area contributed by atoms with Gasteiger partial charge in [0.2, 0.25) is 0 Å². The maximum atomic E-state index is 12.4. The van der Waals surface area contributed by atoms with Gasteiger partial charge >= 0.3 is 17.9 Å². The van der Waals surface area contributed by atoms with Crippen LogP contribution in [0, 0.1) is 0 Å². The van der Waals surface area contributed by atoms with Gasteiger partial charge in [-0.3, -0.25) is 14.4 Å². The highest BCUT2D eigenvalue weighted by molar-refractivity contribution is 5.67. The van der Waals surface area contributed by atoms with E-state index in [1.54, 1.807) is 0 Å². The Morgan fingerprint density at radius 1 is 0.659 bits per heavy atom. The minimum absolute atomic E-state index is 0.237. The van der Waals surface area contributed by atoms with Crippen molar-refractivity contribution >= 4 is 17.9 Å². The van der Waals surface area contributed by atoms with Crippen LogP contribution in [0.5, 0.6) is 0 Å². The molecule has 0 aromatic heterocycles. The summed E-state index contributed by atoms with van der Waals surface area (Å²) in [6, 6.07) is 28.7. The minimum atomic E-state index is -1.26. The monoisotopic (exact) mass is 562 g/mol. The molecule has 0 aliphatic carbocycles. The molecular weight excluding hydrogens is 528 g/mol. The van der Waals surface area contributed by atoms with Gasteiger partial charge in [-0.1, -0.05) is 91.0 Å². The molecule has 9 heteroatoms. The number of methoxy groups -OCH3 is 1. The Labute approximate surface area is 239 Å². The van der Waals surface area contributed by atoms with E-state index in [1.807, 2.05) is 91.0 Å². The van der Waals surface area contributed by atoms with Gasteiger partial charge in [0, 0.05) is 27.9 Å². The summed E-state index contributed by atoms with van der Waals surface area (Å²) in [5.74, 6) is -1.79. The first kappa shape index (κ1) is 29.9. The Kier molecular flexibility index (Phi) is 9.88. The molecule has 1 fully saturated rings. The van der Waals surface area contributed by atoms with Crippen LogP contribution in [0.2, 0.25) is 0 Å². The van der Waals surface area contributed by atoms with Gasteiger partial charge in [0.25, 0.3) is 0 Å². The van der Waals surface area contributed by atoms with E-state index in [1.165, 1.54) is 27.9 Å². The Balaban J connectivity index is 1.96. The van der Waals surface area contributed by atoms with E-state index in [-0.39, 0.29) is 6.61 Å². The van der Waals surface area contributed by atoms with Gasteiger partial charge in [-0.15, -0.1) is 0 Å². The van der Waals surface area contributed by atoms with Gasteiger partial charge in [-0.05, 0) is 16.7 Å². The van der Waals surface area contributed by atoms with Gasteiger partial charge in [0.1, 0.15) is 24.4 Å². The summed E-state index contributed by atoms with van der Waals surface area (Å²) in [6.45, 7) is 3.53. The molecule has 0 unspecified atom stereocenters. The molecule has 5 atom stereocenters. The van der Waals surface area contributed by atoms with E-state index >= 15 is 0 Å². The maximum absolute atomic E-state index is 12.4. The molecule has 0 bridgehead atoms. The molecule has 3 aromatic rings. The number of hydrogen-bond acceptors (Lipinski definition) is 9. The highest BCUT2D eigenvalue weighted by Gasteiger charge is 2.54. The third-order valence-electron chi connectivity index (χ3n) is 6.73. The predicted molar refractivity (Wildman–Crippen MR) is 147 cm³/mol. The Bertz CT molecular complexity index is 1200. The van der Waals surface area contributed by atoms with Gasteiger partial charge in [-0.25, -0.2) is 0 Å². The molecule has 216 valence electrons. The van der Waals surface area contributed by atoms with E-state index in [0.717, 1.165) is 16.7 Å². The molecule has 1 heterocycles. The zero-order chi connectivity index (χ0) is 29.4. The van der Waals surface area contributed by atoms with Gasteiger partial charge in [-0.2, -0.15) is 0 Å². The van der Waals surface area contributed by atoms with Crippen LogP contribution >= 0.6 is 0 Å². The Morgan fingerprint density at radius 3 is 1.49 bits per heavy atom. The van der Waals surface area contributed by atoms with Crippen molar-refractivity contribution in [1.29, 1.82) is 0 Å². The molecule has 0 amide bonds. The summed E-state index contributed by atoms with van der Waals surface area (Å²) in [7, 11) is 1.37. The number of hydrogen-bond donors (Lipinski definition) is 0. The van der Waals surface area contributed by atoms with Crippen molar-refractivity contribution in [3.8, 4) is 0 Å². The lowest BCUT2D eigenvalue weighted by atomic mass is 9.79. The predicted octanol–water partition coefficient (Wildman–Crippen LogP) is 4.16. The Hall–Kier alpha value is -4.05. The summed E-state index contributed by atoms with van der Waals surface area (Å²) >= 11 is 0.